The van der Waals surface area contributed by atoms with Gasteiger partial charge in [0.15, 0.2) is 0 Å². The van der Waals surface area contributed by atoms with Crippen molar-refractivity contribution in [3.63, 3.8) is 0 Å². The van der Waals surface area contributed by atoms with Gasteiger partial charge in [-0.15, -0.1) is 0 Å². The molecule has 5 nitrogen and oxygen atoms in total. The van der Waals surface area contributed by atoms with Gasteiger partial charge in [0.25, 0.3) is 0 Å². The minimum absolute atomic E-state index is 0.862. The van der Waals surface area contributed by atoms with Gasteiger partial charge >= 0.3 is 0 Å². The van der Waals surface area contributed by atoms with E-state index in [1.807, 2.05) is 24.4 Å². The Morgan fingerprint density at radius 2 is 1.67 bits per heavy atom. The Morgan fingerprint density at radius 3 is 2.57 bits per heavy atom. The summed E-state index contributed by atoms with van der Waals surface area (Å²) in [7, 11) is 0. The van der Waals surface area contributed by atoms with E-state index in [-0.39, 0.29) is 0 Å². The van der Waals surface area contributed by atoms with Crippen molar-refractivity contribution in [3.8, 4) is 5.82 Å². The third-order valence-electron chi connectivity index (χ3n) is 6.03. The van der Waals surface area contributed by atoms with E-state index in [4.69, 9.17) is 4.98 Å². The largest absolute Gasteiger partial charge is 0.354 e. The number of nitrogens with zero attached hydrogens (tertiary/aromatic N) is 4. The maximum atomic E-state index is 5.04. The maximum Gasteiger partial charge on any atom is 0.221 e. The first-order valence-electron chi connectivity index (χ1n) is 10.0. The van der Waals surface area contributed by atoms with Crippen LogP contribution < -0.4 is 0 Å². The molecule has 0 aliphatic rings. The number of pyridine rings is 1. The molecule has 0 fully saturated rings. The lowest BCUT2D eigenvalue weighted by Crippen LogP contribution is -1.97. The molecule has 4 heterocycles. The molecule has 0 aliphatic heterocycles. The summed E-state index contributed by atoms with van der Waals surface area (Å²) in [5, 5.41) is 2.45. The van der Waals surface area contributed by atoms with Crippen molar-refractivity contribution in [1.29, 1.82) is 0 Å². The van der Waals surface area contributed by atoms with E-state index in [1.54, 1.807) is 0 Å². The van der Waals surface area contributed by atoms with Crippen LogP contribution in [0.1, 0.15) is 5.56 Å². The smallest absolute Gasteiger partial charge is 0.221 e. The average molecular weight is 387 g/mol. The van der Waals surface area contributed by atoms with Gasteiger partial charge < -0.3 is 4.98 Å². The van der Waals surface area contributed by atoms with Crippen molar-refractivity contribution in [2.45, 2.75) is 6.92 Å². The van der Waals surface area contributed by atoms with E-state index >= 15 is 0 Å². The van der Waals surface area contributed by atoms with Gasteiger partial charge in [-0.25, -0.2) is 9.97 Å². The van der Waals surface area contributed by atoms with Gasteiger partial charge in [0.1, 0.15) is 5.82 Å². The second-order valence-electron chi connectivity index (χ2n) is 7.77. The van der Waals surface area contributed by atoms with E-state index in [2.05, 4.69) is 80.5 Å². The Hall–Kier alpha value is -4.12. The molecule has 0 bridgehead atoms. The maximum absolute atomic E-state index is 5.04. The molecule has 0 spiro atoms. The lowest BCUT2D eigenvalue weighted by atomic mass is 10.1. The number of fused-ring (bicyclic) bond motifs is 8. The van der Waals surface area contributed by atoms with Gasteiger partial charge in [0, 0.05) is 28.0 Å². The monoisotopic (exact) mass is 387 g/mol. The summed E-state index contributed by atoms with van der Waals surface area (Å²) in [6.45, 7) is 2.11. The number of para-hydroxylation sites is 2. The summed E-state index contributed by atoms with van der Waals surface area (Å²) in [4.78, 5) is 13.2. The highest BCUT2D eigenvalue weighted by atomic mass is 15.2. The number of aromatic nitrogens is 5. The Morgan fingerprint density at radius 1 is 0.767 bits per heavy atom. The van der Waals surface area contributed by atoms with Crippen molar-refractivity contribution < 1.29 is 0 Å². The quantitative estimate of drug-likeness (QED) is 0.389. The molecule has 142 valence electrons. The van der Waals surface area contributed by atoms with Gasteiger partial charge in [-0.3, -0.25) is 8.97 Å². The topological polar surface area (TPSA) is 50.9 Å². The van der Waals surface area contributed by atoms with E-state index in [0.29, 0.717) is 0 Å². The number of imidazole rings is 2. The van der Waals surface area contributed by atoms with Crippen LogP contribution in [-0.2, 0) is 0 Å². The summed E-state index contributed by atoms with van der Waals surface area (Å²) in [5.41, 5.74) is 7.78. The zero-order valence-electron chi connectivity index (χ0n) is 16.3. The van der Waals surface area contributed by atoms with Crippen LogP contribution in [0.4, 0.5) is 0 Å². The van der Waals surface area contributed by atoms with Gasteiger partial charge in [-0.1, -0.05) is 36.4 Å². The molecule has 0 aliphatic carbocycles. The average Bonchev–Trinajstić information content (AvgIpc) is 3.42. The van der Waals surface area contributed by atoms with Gasteiger partial charge in [0.2, 0.25) is 5.78 Å². The minimum atomic E-state index is 0.862. The fraction of sp³-hybridized carbons (Fsp3) is 0.0400. The number of rotatable bonds is 1. The summed E-state index contributed by atoms with van der Waals surface area (Å²) in [6, 6.07) is 25.3. The van der Waals surface area contributed by atoms with Crippen LogP contribution in [0.5, 0.6) is 0 Å². The molecule has 3 aromatic carbocycles. The number of H-pyrrole nitrogens is 1. The molecular weight excluding hydrogens is 370 g/mol. The predicted molar refractivity (Wildman–Crippen MR) is 121 cm³/mol. The summed E-state index contributed by atoms with van der Waals surface area (Å²) >= 11 is 0. The van der Waals surface area contributed by atoms with Crippen LogP contribution in [0.2, 0.25) is 0 Å². The van der Waals surface area contributed by atoms with Crippen LogP contribution in [0, 0.1) is 6.92 Å². The first kappa shape index (κ1) is 15.8. The SMILES string of the molecule is Cc1cccc2c1nc1n(-c3ccccn3)c3cc4[nH]c5ccccc5c4cc3n21. The zero-order chi connectivity index (χ0) is 19.8. The fourth-order valence-electron chi connectivity index (χ4n) is 4.67. The number of aryl methyl sites for hydroxylation is 1. The summed E-state index contributed by atoms with van der Waals surface area (Å²) < 4.78 is 4.41. The predicted octanol–water partition coefficient (Wildman–Crippen LogP) is 5.77. The highest BCUT2D eigenvalue weighted by molar-refractivity contribution is 6.12. The Labute approximate surface area is 171 Å². The van der Waals surface area contributed by atoms with Crippen LogP contribution in [-0.4, -0.2) is 23.9 Å². The van der Waals surface area contributed by atoms with Crippen molar-refractivity contribution in [3.05, 3.63) is 84.6 Å². The lowest BCUT2D eigenvalue weighted by molar-refractivity contribution is 1.04. The molecular formula is C25H17N5. The van der Waals surface area contributed by atoms with Crippen molar-refractivity contribution in [2.75, 3.05) is 0 Å². The minimum Gasteiger partial charge on any atom is -0.354 e. The molecule has 0 amide bonds. The highest BCUT2D eigenvalue weighted by Gasteiger charge is 2.20. The molecule has 0 saturated carbocycles. The van der Waals surface area contributed by atoms with Crippen LogP contribution >= 0.6 is 0 Å². The van der Waals surface area contributed by atoms with E-state index in [1.165, 1.54) is 16.3 Å². The second kappa shape index (κ2) is 5.48. The standard InChI is InChI=1S/C25H17N5/c1-15-7-6-10-20-24(15)28-25-29(20)21-13-17-16-8-2-3-9-18(16)27-19(17)14-22(21)30(25)23-11-4-5-12-26-23/h2-14,27H,1H3. The fourth-order valence-corrected chi connectivity index (χ4v) is 4.67. The molecule has 0 unspecified atom stereocenters. The van der Waals surface area contributed by atoms with Gasteiger partial charge in [-0.05, 0) is 48.9 Å². The van der Waals surface area contributed by atoms with E-state index in [9.17, 15) is 0 Å². The third-order valence-corrected chi connectivity index (χ3v) is 6.03. The van der Waals surface area contributed by atoms with Gasteiger partial charge in [-0.2, -0.15) is 0 Å². The zero-order valence-corrected chi connectivity index (χ0v) is 16.3. The van der Waals surface area contributed by atoms with E-state index < -0.39 is 0 Å². The molecule has 4 aromatic heterocycles. The first-order chi connectivity index (χ1) is 14.8. The number of benzene rings is 3. The molecule has 5 heteroatoms. The summed E-state index contributed by atoms with van der Waals surface area (Å²) in [5.74, 6) is 1.74. The molecule has 7 aromatic rings. The molecule has 0 radical (unpaired) electrons. The van der Waals surface area contributed by atoms with E-state index in [0.717, 1.165) is 44.7 Å². The van der Waals surface area contributed by atoms with Gasteiger partial charge in [0.05, 0.1) is 22.1 Å². The normalized spacial score (nSPS) is 12.2. The molecule has 0 atom stereocenters. The number of nitrogens with one attached hydrogen (secondary N) is 1. The van der Waals surface area contributed by atoms with Crippen LogP contribution in [0.15, 0.2) is 79.0 Å². The Kier molecular flexibility index (Phi) is 2.88. The Bertz CT molecular complexity index is 1750. The molecule has 0 saturated heterocycles. The number of hydrogen-bond donors (Lipinski definition) is 1. The number of hydrogen-bond acceptors (Lipinski definition) is 2. The second-order valence-corrected chi connectivity index (χ2v) is 7.77. The van der Waals surface area contributed by atoms with Crippen LogP contribution in [0.25, 0.3) is 55.5 Å². The third kappa shape index (κ3) is 1.91. The lowest BCUT2D eigenvalue weighted by Gasteiger charge is -2.04. The summed E-state index contributed by atoms with van der Waals surface area (Å²) in [6.07, 6.45) is 1.83. The van der Waals surface area contributed by atoms with Crippen molar-refractivity contribution in [1.82, 2.24) is 23.9 Å². The van der Waals surface area contributed by atoms with Crippen molar-refractivity contribution in [2.24, 2.45) is 0 Å². The molecule has 1 N–H and O–H groups in total. The molecule has 7 rings (SSSR count). The highest BCUT2D eigenvalue weighted by Crippen LogP contribution is 2.34. The van der Waals surface area contributed by atoms with Crippen LogP contribution in [0.3, 0.4) is 0 Å². The number of aromatic amines is 1. The first-order valence-corrected chi connectivity index (χ1v) is 10.0. The molecule has 30 heavy (non-hydrogen) atoms. The Balaban J connectivity index is 1.76. The van der Waals surface area contributed by atoms with Crippen molar-refractivity contribution >= 4 is 49.7 Å².